The Morgan fingerprint density at radius 2 is 1.84 bits per heavy atom. The number of benzene rings is 1. The zero-order chi connectivity index (χ0) is 13.8. The molecule has 0 saturated heterocycles. The maximum Gasteiger partial charge on any atom is 0.337 e. The van der Waals surface area contributed by atoms with Gasteiger partial charge in [0.05, 0.1) is 7.11 Å². The molecule has 0 aliphatic heterocycles. The summed E-state index contributed by atoms with van der Waals surface area (Å²) in [6.45, 7) is 0. The number of carbonyl (C=O) groups is 1. The third-order valence-electron chi connectivity index (χ3n) is 2.72. The van der Waals surface area contributed by atoms with Crippen LogP contribution in [0.25, 0.3) is 10.4 Å². The van der Waals surface area contributed by atoms with Crippen LogP contribution in [0.15, 0.2) is 42.5 Å². The summed E-state index contributed by atoms with van der Waals surface area (Å²) in [6.07, 6.45) is -2.83. The zero-order valence-corrected chi connectivity index (χ0v) is 11.1. The lowest BCUT2D eigenvalue weighted by molar-refractivity contribution is -0.156. The zero-order valence-electron chi connectivity index (χ0n) is 10.3. The normalized spacial score (nSPS) is 13.8. The first-order chi connectivity index (χ1) is 9.13. The molecule has 4 nitrogen and oxygen atoms in total. The topological polar surface area (TPSA) is 66.8 Å². The Hall–Kier alpha value is -1.69. The fourth-order valence-electron chi connectivity index (χ4n) is 1.67. The molecular weight excluding hydrogens is 264 g/mol. The molecule has 0 aliphatic rings. The lowest BCUT2D eigenvalue weighted by Crippen LogP contribution is -2.28. The van der Waals surface area contributed by atoms with E-state index in [9.17, 15) is 15.0 Å². The minimum atomic E-state index is -1.56. The Labute approximate surface area is 114 Å². The molecule has 5 heteroatoms. The number of hydrogen-bond acceptors (Lipinski definition) is 5. The Balaban J connectivity index is 2.20. The Kier molecular flexibility index (Phi) is 4.31. The fourth-order valence-corrected chi connectivity index (χ4v) is 2.70. The molecule has 0 amide bonds. The smallest absolute Gasteiger partial charge is 0.337 e. The lowest BCUT2D eigenvalue weighted by atomic mass is 10.1. The summed E-state index contributed by atoms with van der Waals surface area (Å²) in [7, 11) is 1.17. The Morgan fingerprint density at radius 1 is 1.16 bits per heavy atom. The van der Waals surface area contributed by atoms with Gasteiger partial charge in [0.25, 0.3) is 0 Å². The molecule has 0 fully saturated rings. The quantitative estimate of drug-likeness (QED) is 0.839. The highest BCUT2D eigenvalue weighted by Crippen LogP contribution is 2.32. The van der Waals surface area contributed by atoms with Gasteiger partial charge in [-0.3, -0.25) is 0 Å². The van der Waals surface area contributed by atoms with Crippen LogP contribution in [0.1, 0.15) is 11.0 Å². The van der Waals surface area contributed by atoms with Gasteiger partial charge in [-0.2, -0.15) is 0 Å². The van der Waals surface area contributed by atoms with Gasteiger partial charge in [-0.25, -0.2) is 4.79 Å². The van der Waals surface area contributed by atoms with Crippen LogP contribution in [-0.2, 0) is 9.53 Å². The van der Waals surface area contributed by atoms with E-state index in [4.69, 9.17) is 0 Å². The average Bonchev–Trinajstić information content (AvgIpc) is 2.95. The summed E-state index contributed by atoms with van der Waals surface area (Å²) >= 11 is 1.33. The van der Waals surface area contributed by atoms with E-state index in [1.165, 1.54) is 18.4 Å². The van der Waals surface area contributed by atoms with Crippen LogP contribution in [0.2, 0.25) is 0 Å². The van der Waals surface area contributed by atoms with Crippen molar-refractivity contribution in [2.75, 3.05) is 7.11 Å². The summed E-state index contributed by atoms with van der Waals surface area (Å²) in [5.74, 6) is -0.845. The Bertz CT molecular complexity index is 550. The van der Waals surface area contributed by atoms with Crippen molar-refractivity contribution in [2.45, 2.75) is 12.2 Å². The Morgan fingerprint density at radius 3 is 2.47 bits per heavy atom. The second-order valence-electron chi connectivity index (χ2n) is 3.98. The molecule has 19 heavy (non-hydrogen) atoms. The second-order valence-corrected chi connectivity index (χ2v) is 5.10. The molecule has 2 unspecified atom stereocenters. The van der Waals surface area contributed by atoms with Crippen molar-refractivity contribution in [1.29, 1.82) is 0 Å². The van der Waals surface area contributed by atoms with E-state index in [1.54, 1.807) is 6.07 Å². The molecule has 2 N–H and O–H groups in total. The number of rotatable bonds is 4. The van der Waals surface area contributed by atoms with Crippen molar-refractivity contribution in [1.82, 2.24) is 0 Å². The first-order valence-electron chi connectivity index (χ1n) is 5.72. The third kappa shape index (κ3) is 3.01. The monoisotopic (exact) mass is 278 g/mol. The van der Waals surface area contributed by atoms with E-state index < -0.39 is 18.2 Å². The number of aliphatic hydroxyl groups excluding tert-OH is 2. The van der Waals surface area contributed by atoms with Gasteiger partial charge in [0.15, 0.2) is 6.10 Å². The van der Waals surface area contributed by atoms with Crippen LogP contribution in [0.5, 0.6) is 0 Å². The molecule has 2 aromatic rings. The highest BCUT2D eigenvalue weighted by Gasteiger charge is 2.27. The molecule has 1 heterocycles. The van der Waals surface area contributed by atoms with E-state index in [1.807, 2.05) is 36.4 Å². The SMILES string of the molecule is COC(=O)C(O)C(O)c1ccc(-c2ccccc2)s1. The van der Waals surface area contributed by atoms with Crippen LogP contribution in [0.3, 0.4) is 0 Å². The minimum Gasteiger partial charge on any atom is -0.467 e. The summed E-state index contributed by atoms with van der Waals surface area (Å²) in [5.41, 5.74) is 1.03. The lowest BCUT2D eigenvalue weighted by Gasteiger charge is -2.13. The molecule has 2 rings (SSSR count). The van der Waals surface area contributed by atoms with E-state index in [-0.39, 0.29) is 0 Å². The van der Waals surface area contributed by atoms with Crippen molar-refractivity contribution in [3.8, 4) is 10.4 Å². The van der Waals surface area contributed by atoms with Gasteiger partial charge in [0, 0.05) is 9.75 Å². The fraction of sp³-hybridized carbons (Fsp3) is 0.214. The van der Waals surface area contributed by atoms with Gasteiger partial charge in [0.1, 0.15) is 6.10 Å². The first kappa shape index (κ1) is 13.7. The number of hydrogen-bond donors (Lipinski definition) is 2. The van der Waals surface area contributed by atoms with Gasteiger partial charge in [0.2, 0.25) is 0 Å². The molecule has 0 bridgehead atoms. The molecule has 0 saturated carbocycles. The van der Waals surface area contributed by atoms with Crippen LogP contribution < -0.4 is 0 Å². The maximum absolute atomic E-state index is 11.2. The van der Waals surface area contributed by atoms with E-state index >= 15 is 0 Å². The molecule has 0 spiro atoms. The molecule has 1 aromatic heterocycles. The number of ether oxygens (including phenoxy) is 1. The third-order valence-corrected chi connectivity index (χ3v) is 3.92. The number of esters is 1. The van der Waals surface area contributed by atoms with Crippen LogP contribution in [0, 0.1) is 0 Å². The molecule has 100 valence electrons. The molecule has 1 aromatic carbocycles. The van der Waals surface area contributed by atoms with E-state index in [0.29, 0.717) is 4.88 Å². The standard InChI is InChI=1S/C14H14O4S/c1-18-14(17)13(16)12(15)11-8-7-10(19-11)9-5-3-2-4-6-9/h2-8,12-13,15-16H,1H3. The second kappa shape index (κ2) is 5.97. The number of thiophene rings is 1. The van der Waals surface area contributed by atoms with Gasteiger partial charge in [-0.1, -0.05) is 30.3 Å². The predicted octanol–water partition coefficient (Wildman–Crippen LogP) is 1.98. The van der Waals surface area contributed by atoms with Crippen molar-refractivity contribution in [3.63, 3.8) is 0 Å². The van der Waals surface area contributed by atoms with Gasteiger partial charge >= 0.3 is 5.97 Å². The van der Waals surface area contributed by atoms with Crippen molar-refractivity contribution >= 4 is 17.3 Å². The van der Waals surface area contributed by atoms with Crippen LogP contribution in [-0.4, -0.2) is 29.4 Å². The molecule has 2 atom stereocenters. The maximum atomic E-state index is 11.2. The summed E-state index contributed by atoms with van der Waals surface area (Å²) in [4.78, 5) is 12.7. The van der Waals surface area contributed by atoms with Gasteiger partial charge in [-0.05, 0) is 17.7 Å². The highest BCUT2D eigenvalue weighted by atomic mass is 32.1. The van der Waals surface area contributed by atoms with Crippen molar-refractivity contribution in [3.05, 3.63) is 47.3 Å². The highest BCUT2D eigenvalue weighted by molar-refractivity contribution is 7.15. The number of aliphatic hydroxyl groups is 2. The summed E-state index contributed by atoms with van der Waals surface area (Å²) in [6, 6.07) is 13.2. The van der Waals surface area contributed by atoms with Gasteiger partial charge < -0.3 is 14.9 Å². The van der Waals surface area contributed by atoms with E-state index in [0.717, 1.165) is 10.4 Å². The molecule has 0 aliphatic carbocycles. The molecule has 0 radical (unpaired) electrons. The van der Waals surface area contributed by atoms with Crippen molar-refractivity contribution in [2.24, 2.45) is 0 Å². The summed E-state index contributed by atoms with van der Waals surface area (Å²) in [5, 5.41) is 19.5. The average molecular weight is 278 g/mol. The molecular formula is C14H14O4S. The van der Waals surface area contributed by atoms with E-state index in [2.05, 4.69) is 4.74 Å². The predicted molar refractivity (Wildman–Crippen MR) is 72.7 cm³/mol. The number of methoxy groups -OCH3 is 1. The minimum absolute atomic E-state index is 0.525. The largest absolute Gasteiger partial charge is 0.467 e. The van der Waals surface area contributed by atoms with Crippen LogP contribution in [0.4, 0.5) is 0 Å². The van der Waals surface area contributed by atoms with Gasteiger partial charge in [-0.15, -0.1) is 11.3 Å². The first-order valence-corrected chi connectivity index (χ1v) is 6.54. The van der Waals surface area contributed by atoms with Crippen molar-refractivity contribution < 1.29 is 19.7 Å². The summed E-state index contributed by atoms with van der Waals surface area (Å²) < 4.78 is 4.40. The number of carbonyl (C=O) groups excluding carboxylic acids is 1. The van der Waals surface area contributed by atoms with Crippen LogP contribution >= 0.6 is 11.3 Å².